The summed E-state index contributed by atoms with van der Waals surface area (Å²) >= 11 is 0. The number of hydrogen-bond acceptors (Lipinski definition) is 4. The molecule has 61 heavy (non-hydrogen) atoms. The summed E-state index contributed by atoms with van der Waals surface area (Å²) in [6, 6.07) is 39.0. The van der Waals surface area contributed by atoms with Crippen LogP contribution in [0.5, 0.6) is 0 Å². The van der Waals surface area contributed by atoms with Gasteiger partial charge in [-0.1, -0.05) is 97.1 Å². The summed E-state index contributed by atoms with van der Waals surface area (Å²) in [5.74, 6) is 1.90. The number of piperidine rings is 6. The van der Waals surface area contributed by atoms with Crippen LogP contribution in [0.2, 0.25) is 0 Å². The van der Waals surface area contributed by atoms with Crippen LogP contribution >= 0.6 is 0 Å². The van der Waals surface area contributed by atoms with Gasteiger partial charge in [0.1, 0.15) is 37.4 Å². The minimum absolute atomic E-state index is 0. The number of quaternary nitrogens is 2. The number of benzene rings is 5. The third-order valence-corrected chi connectivity index (χ3v) is 16.2. The van der Waals surface area contributed by atoms with Crippen LogP contribution in [-0.2, 0) is 13.1 Å². The molecule has 6 nitrogen and oxygen atoms in total. The third kappa shape index (κ3) is 6.44. The van der Waals surface area contributed by atoms with Crippen molar-refractivity contribution in [3.63, 3.8) is 0 Å². The van der Waals surface area contributed by atoms with Gasteiger partial charge in [0.2, 0.25) is 0 Å². The van der Waals surface area contributed by atoms with Crippen molar-refractivity contribution in [3.8, 4) is 0 Å². The van der Waals surface area contributed by atoms with Gasteiger partial charge in [-0.2, -0.15) is 0 Å². The second kappa shape index (κ2) is 15.7. The highest BCUT2D eigenvalue weighted by molar-refractivity contribution is 6.05. The van der Waals surface area contributed by atoms with Crippen LogP contribution in [0.4, 0.5) is 0 Å². The van der Waals surface area contributed by atoms with Crippen molar-refractivity contribution in [2.45, 2.75) is 63.1 Å². The van der Waals surface area contributed by atoms with Crippen molar-refractivity contribution in [1.29, 1.82) is 0 Å². The van der Waals surface area contributed by atoms with Crippen molar-refractivity contribution in [2.24, 2.45) is 23.7 Å². The summed E-state index contributed by atoms with van der Waals surface area (Å²) in [7, 11) is 0. The molecule has 5 aromatic carbocycles. The molecule has 0 saturated carbocycles. The lowest BCUT2D eigenvalue weighted by Crippen LogP contribution is -3.00. The van der Waals surface area contributed by atoms with E-state index in [4.69, 9.17) is 0 Å². The molecule has 0 radical (unpaired) electrons. The molecule has 4 bridgehead atoms. The molecule has 310 valence electrons. The number of hydrogen-bond donors (Lipinski definition) is 2. The quantitative estimate of drug-likeness (QED) is 0.0859. The van der Waals surface area contributed by atoms with Crippen LogP contribution < -0.4 is 12.4 Å². The van der Waals surface area contributed by atoms with Gasteiger partial charge in [-0.05, 0) is 68.8 Å². The zero-order chi connectivity index (χ0) is 40.6. The van der Waals surface area contributed by atoms with Crippen LogP contribution in [0.3, 0.4) is 0 Å². The first kappa shape index (κ1) is 40.1. The number of fused-ring (bicyclic) bond motifs is 10. The first-order chi connectivity index (χ1) is 29.4. The Morgan fingerprint density at radius 3 is 1.28 bits per heavy atom. The molecular formula is C54H56ClN4O2+. The van der Waals surface area contributed by atoms with E-state index in [0.29, 0.717) is 23.7 Å². The standard InChI is InChI=1S/C54H56N4O2.ClH/c1-3-35-31-57(27-23-37(35)29-51(57)53(59)45-21-25-55-49-19-11-9-17-43(45)49)33-47-39-13-5-7-15-41(39)48(42-16-8-6-14-40(42)47)34-58-28-24-38(36(4-2)32-58)30-52(58)54(60)46-22-26-56-50-20-12-10-18-44(46)50;/h3-22,25-26,35-38,51-54,59-60H,1-2,23-24,27-34H2;1H/q+2;/p-1/t35?,36?,37?,38?,51-,52-,53+,54+,57?,58?;/m1./s1. The lowest BCUT2D eigenvalue weighted by Gasteiger charge is -2.58. The summed E-state index contributed by atoms with van der Waals surface area (Å²) < 4.78 is 1.68. The summed E-state index contributed by atoms with van der Waals surface area (Å²) in [5.41, 5.74) is 6.60. The van der Waals surface area contributed by atoms with E-state index in [-0.39, 0.29) is 24.5 Å². The molecule has 10 atom stereocenters. The van der Waals surface area contributed by atoms with E-state index >= 15 is 0 Å². The fourth-order valence-electron chi connectivity index (χ4n) is 13.2. The molecule has 2 aromatic heterocycles. The zero-order valence-electron chi connectivity index (χ0n) is 34.9. The van der Waals surface area contributed by atoms with Gasteiger partial charge in [0.05, 0.1) is 37.2 Å². The molecule has 2 N–H and O–H groups in total. The van der Waals surface area contributed by atoms with E-state index in [1.807, 2.05) is 36.7 Å². The van der Waals surface area contributed by atoms with Crippen LogP contribution in [-0.4, -0.2) is 67.4 Å². The third-order valence-electron chi connectivity index (χ3n) is 16.2. The Morgan fingerprint density at radius 2 is 0.902 bits per heavy atom. The predicted octanol–water partition coefficient (Wildman–Crippen LogP) is 7.38. The number of rotatable bonds is 10. The highest BCUT2D eigenvalue weighted by atomic mass is 35.5. The smallest absolute Gasteiger partial charge is 0.131 e. The minimum Gasteiger partial charge on any atom is -1.00 e. The van der Waals surface area contributed by atoms with Crippen molar-refractivity contribution in [2.75, 3.05) is 26.2 Å². The number of pyridine rings is 2. The maximum absolute atomic E-state index is 12.6. The normalized spacial score (nSPS) is 29.1. The maximum Gasteiger partial charge on any atom is 0.131 e. The van der Waals surface area contributed by atoms with E-state index in [1.165, 1.54) is 32.7 Å². The largest absolute Gasteiger partial charge is 1.00 e. The SMILES string of the molecule is C=CC1C[N+]2(Cc3c4ccccc4c(C[N+]45CCC(C[C@@H]4[C@@H](O)c4ccnc6ccccc46)C(C=C)C5)c4ccccc34)CCC1C[C@@H]2[C@@H](O)c1ccnc2ccccc12.[Cl-]. The number of halogens is 1. The minimum atomic E-state index is -0.611. The molecule has 6 unspecified atom stereocenters. The molecule has 0 aliphatic carbocycles. The van der Waals surface area contributed by atoms with Crippen LogP contribution in [0, 0.1) is 23.7 Å². The van der Waals surface area contributed by atoms with Crippen LogP contribution in [0.1, 0.15) is 60.1 Å². The monoisotopic (exact) mass is 827 g/mol. The second-order valence-electron chi connectivity index (χ2n) is 18.8. The highest BCUT2D eigenvalue weighted by Crippen LogP contribution is 2.52. The Hall–Kier alpha value is -4.95. The summed E-state index contributed by atoms with van der Waals surface area (Å²) in [6.07, 6.45) is 11.2. The highest BCUT2D eigenvalue weighted by Gasteiger charge is 2.56. The number of nitrogens with zero attached hydrogens (tertiary/aromatic N) is 4. The fourth-order valence-corrected chi connectivity index (χ4v) is 13.2. The number of aromatic nitrogens is 2. The van der Waals surface area contributed by atoms with Gasteiger partial charge in [0, 0.05) is 71.8 Å². The Kier molecular flexibility index (Phi) is 10.4. The van der Waals surface area contributed by atoms with Crippen LogP contribution in [0.15, 0.2) is 147 Å². The molecule has 6 aliphatic heterocycles. The van der Waals surface area contributed by atoms with Crippen molar-refractivity contribution >= 4 is 43.4 Å². The molecule has 7 aromatic rings. The molecule has 8 heterocycles. The van der Waals surface area contributed by atoms with Gasteiger partial charge in [-0.15, -0.1) is 13.2 Å². The average molecular weight is 829 g/mol. The molecule has 6 saturated heterocycles. The van der Waals surface area contributed by atoms with E-state index in [2.05, 4.69) is 120 Å². The van der Waals surface area contributed by atoms with Crippen LogP contribution in [0.25, 0.3) is 43.4 Å². The molecule has 13 rings (SSSR count). The lowest BCUT2D eigenvalue weighted by molar-refractivity contribution is -0.984. The predicted molar refractivity (Wildman–Crippen MR) is 243 cm³/mol. The van der Waals surface area contributed by atoms with Crippen molar-refractivity contribution in [1.82, 2.24) is 9.97 Å². The lowest BCUT2D eigenvalue weighted by atomic mass is 9.70. The molecular weight excluding hydrogens is 772 g/mol. The Balaban J connectivity index is 0.00000445. The first-order valence-corrected chi connectivity index (χ1v) is 22.3. The van der Waals surface area contributed by atoms with Gasteiger partial charge >= 0.3 is 0 Å². The Morgan fingerprint density at radius 1 is 0.541 bits per heavy atom. The number of aliphatic hydroxyl groups is 2. The van der Waals surface area contributed by atoms with Gasteiger partial charge in [-0.3, -0.25) is 9.97 Å². The Bertz CT molecular complexity index is 2550. The topological polar surface area (TPSA) is 66.2 Å². The first-order valence-electron chi connectivity index (χ1n) is 22.3. The van der Waals surface area contributed by atoms with Crippen molar-refractivity contribution in [3.05, 3.63) is 169 Å². The number of para-hydroxylation sites is 2. The van der Waals surface area contributed by atoms with E-state index in [9.17, 15) is 10.2 Å². The van der Waals surface area contributed by atoms with Gasteiger partial charge in [0.25, 0.3) is 0 Å². The Labute approximate surface area is 365 Å². The molecule has 6 aliphatic rings. The van der Waals surface area contributed by atoms with Crippen molar-refractivity contribution < 1.29 is 31.6 Å². The van der Waals surface area contributed by atoms with Gasteiger partial charge < -0.3 is 31.6 Å². The summed E-state index contributed by atoms with van der Waals surface area (Å²) in [6.45, 7) is 14.4. The molecule has 6 fully saturated rings. The molecule has 0 amide bonds. The second-order valence-corrected chi connectivity index (χ2v) is 18.8. The van der Waals surface area contributed by atoms with Gasteiger partial charge in [0.15, 0.2) is 0 Å². The van der Waals surface area contributed by atoms with E-state index in [1.54, 1.807) is 0 Å². The molecule has 7 heteroatoms. The molecule has 0 spiro atoms. The van der Waals surface area contributed by atoms with E-state index < -0.39 is 12.2 Å². The van der Waals surface area contributed by atoms with Gasteiger partial charge in [-0.25, -0.2) is 0 Å². The van der Waals surface area contributed by atoms with E-state index in [0.717, 1.165) is 107 Å². The zero-order valence-corrected chi connectivity index (χ0v) is 35.6. The fraction of sp³-hybridized carbons (Fsp3) is 0.333. The average Bonchev–Trinajstić information content (AvgIpc) is 3.31. The number of aliphatic hydroxyl groups excluding tert-OH is 2. The summed E-state index contributed by atoms with van der Waals surface area (Å²) in [4.78, 5) is 9.32. The maximum atomic E-state index is 12.6. The summed E-state index contributed by atoms with van der Waals surface area (Å²) in [5, 5.41) is 32.6.